The van der Waals surface area contributed by atoms with Crippen molar-refractivity contribution >= 4 is 11.9 Å². The number of aryl methyl sites for hydroxylation is 3. The highest BCUT2D eigenvalue weighted by molar-refractivity contribution is 5.77. The Hall–Kier alpha value is -3.69. The Morgan fingerprint density at radius 1 is 1.18 bits per heavy atom. The van der Waals surface area contributed by atoms with Crippen LogP contribution in [0.4, 0.5) is 4.39 Å². The minimum Gasteiger partial charge on any atom is -0.488 e. The second-order valence-electron chi connectivity index (χ2n) is 9.55. The van der Waals surface area contributed by atoms with E-state index in [2.05, 4.69) is 22.2 Å². The number of pyridine rings is 1. The van der Waals surface area contributed by atoms with Gasteiger partial charge in [-0.15, -0.1) is 0 Å². The first-order valence-corrected chi connectivity index (χ1v) is 13.3. The van der Waals surface area contributed by atoms with Crippen LogP contribution in [0, 0.1) is 5.82 Å². The van der Waals surface area contributed by atoms with Crippen LogP contribution in [0.15, 0.2) is 35.4 Å². The molecule has 0 fully saturated rings. The van der Waals surface area contributed by atoms with Gasteiger partial charge in [-0.3, -0.25) is 14.6 Å². The highest BCUT2D eigenvalue weighted by Crippen LogP contribution is 2.28. The molecule has 39 heavy (non-hydrogen) atoms. The van der Waals surface area contributed by atoms with Gasteiger partial charge in [-0.1, -0.05) is 17.2 Å². The van der Waals surface area contributed by atoms with Gasteiger partial charge in [-0.05, 0) is 79.8 Å². The van der Waals surface area contributed by atoms with Crippen molar-refractivity contribution in [3.63, 3.8) is 0 Å². The number of fused-ring (bicyclic) bond motifs is 1. The fraction of sp³-hybridized carbons (Fsp3) is 0.536. The van der Waals surface area contributed by atoms with Crippen molar-refractivity contribution in [3.8, 4) is 5.75 Å². The molecule has 1 aliphatic carbocycles. The van der Waals surface area contributed by atoms with Crippen LogP contribution in [0.1, 0.15) is 67.1 Å². The number of carboxylic acid groups (broad SMARTS) is 1. The molecule has 210 valence electrons. The van der Waals surface area contributed by atoms with E-state index in [4.69, 9.17) is 20.0 Å². The first-order valence-electron chi connectivity index (χ1n) is 13.3. The molecule has 0 saturated carbocycles. The maximum Gasteiger partial charge on any atom is 0.305 e. The quantitative estimate of drug-likeness (QED) is 0.134. The van der Waals surface area contributed by atoms with Gasteiger partial charge < -0.3 is 19.5 Å². The van der Waals surface area contributed by atoms with Crippen molar-refractivity contribution in [2.45, 2.75) is 63.8 Å². The van der Waals surface area contributed by atoms with Crippen molar-refractivity contribution in [1.29, 1.82) is 0 Å². The second kappa shape index (κ2) is 15.7. The second-order valence-corrected chi connectivity index (χ2v) is 9.55. The van der Waals surface area contributed by atoms with E-state index in [0.717, 1.165) is 31.4 Å². The molecule has 10 nitrogen and oxygen atoms in total. The third-order valence-corrected chi connectivity index (χ3v) is 6.76. The number of hydrogen-bond donors (Lipinski definition) is 1. The number of amides is 1. The molecule has 0 spiro atoms. The molecule has 1 atom stereocenters. The van der Waals surface area contributed by atoms with E-state index < -0.39 is 17.8 Å². The third kappa shape index (κ3) is 9.53. The van der Waals surface area contributed by atoms with Gasteiger partial charge in [0.05, 0.1) is 25.7 Å². The first-order chi connectivity index (χ1) is 18.9. The number of aliphatic carboxylic acids is 1. The number of aromatic nitrogens is 1. The topological polar surface area (TPSA) is 138 Å². The van der Waals surface area contributed by atoms with Gasteiger partial charge >= 0.3 is 5.97 Å². The smallest absolute Gasteiger partial charge is 0.305 e. The minimum atomic E-state index is -1.09. The molecule has 1 aliphatic rings. The standard InChI is InChI=1S/C28H36FN5O5/c1-34(27(35)9-5-3-7-22-12-10-20-6-2-4-8-24(20)32-22)25(19-28(36)37)21-11-13-26(23(29)18-21)39-17-16-38-15-14-31-33-30/h10-13,18,25H,2-9,14-17,19H2,1H3,(H,36,37)/t25-/m0/s1. The zero-order valence-electron chi connectivity index (χ0n) is 22.4. The van der Waals surface area contributed by atoms with Gasteiger partial charge in [0.25, 0.3) is 0 Å². The van der Waals surface area contributed by atoms with Crippen LogP contribution in [0.5, 0.6) is 5.75 Å². The zero-order valence-corrected chi connectivity index (χ0v) is 22.4. The Labute approximate surface area is 227 Å². The summed E-state index contributed by atoms with van der Waals surface area (Å²) in [6.45, 7) is 0.702. The molecule has 11 heteroatoms. The van der Waals surface area contributed by atoms with E-state index >= 15 is 0 Å². The predicted octanol–water partition coefficient (Wildman–Crippen LogP) is 5.19. The van der Waals surface area contributed by atoms with E-state index in [1.54, 1.807) is 13.1 Å². The van der Waals surface area contributed by atoms with Gasteiger partial charge in [0, 0.05) is 36.3 Å². The van der Waals surface area contributed by atoms with E-state index in [1.165, 1.54) is 41.1 Å². The molecule has 2 aromatic rings. The highest BCUT2D eigenvalue weighted by atomic mass is 19.1. The Bertz CT molecular complexity index is 1170. The molecule has 1 aromatic carbocycles. The summed E-state index contributed by atoms with van der Waals surface area (Å²) in [6.07, 6.45) is 6.66. The lowest BCUT2D eigenvalue weighted by atomic mass is 9.95. The number of benzene rings is 1. The van der Waals surface area contributed by atoms with Crippen LogP contribution in [0.25, 0.3) is 10.4 Å². The lowest BCUT2D eigenvalue weighted by Gasteiger charge is -2.28. The fourth-order valence-corrected chi connectivity index (χ4v) is 4.65. The lowest BCUT2D eigenvalue weighted by molar-refractivity contribution is -0.140. The molecular formula is C28H36FN5O5. The normalized spacial score (nSPS) is 13.2. The Balaban J connectivity index is 1.51. The fourth-order valence-electron chi connectivity index (χ4n) is 4.65. The van der Waals surface area contributed by atoms with Gasteiger partial charge in [-0.25, -0.2) is 4.39 Å². The SMILES string of the molecule is CN(C(=O)CCCCc1ccc2c(n1)CCCC2)[C@@H](CC(=O)O)c1ccc(OCCOCCN=[N+]=[N-])c(F)c1. The maximum atomic E-state index is 14.7. The Morgan fingerprint density at radius 3 is 2.77 bits per heavy atom. The number of azide groups is 1. The zero-order chi connectivity index (χ0) is 28.0. The van der Waals surface area contributed by atoms with Gasteiger partial charge in [0.15, 0.2) is 11.6 Å². The average Bonchev–Trinajstić information content (AvgIpc) is 2.93. The van der Waals surface area contributed by atoms with E-state index in [9.17, 15) is 19.1 Å². The number of carbonyl (C=O) groups excluding carboxylic acids is 1. The summed E-state index contributed by atoms with van der Waals surface area (Å²) in [6, 6.07) is 7.62. The minimum absolute atomic E-state index is 0.00348. The van der Waals surface area contributed by atoms with Crippen molar-refractivity contribution in [3.05, 3.63) is 69.1 Å². The number of unbranched alkanes of at least 4 members (excludes halogenated alkanes) is 1. The lowest BCUT2D eigenvalue weighted by Crippen LogP contribution is -2.32. The van der Waals surface area contributed by atoms with Crippen LogP contribution >= 0.6 is 0 Å². The van der Waals surface area contributed by atoms with Gasteiger partial charge in [-0.2, -0.15) is 0 Å². The summed E-state index contributed by atoms with van der Waals surface area (Å²) in [4.78, 5) is 33.3. The van der Waals surface area contributed by atoms with Crippen molar-refractivity contribution in [1.82, 2.24) is 9.88 Å². The van der Waals surface area contributed by atoms with Crippen LogP contribution in [0.2, 0.25) is 0 Å². The predicted molar refractivity (Wildman–Crippen MR) is 143 cm³/mol. The molecule has 0 unspecified atom stereocenters. The van der Waals surface area contributed by atoms with Crippen molar-refractivity contribution in [2.24, 2.45) is 5.11 Å². The van der Waals surface area contributed by atoms with Crippen molar-refractivity contribution in [2.75, 3.05) is 33.4 Å². The maximum absolute atomic E-state index is 14.7. The van der Waals surface area contributed by atoms with Crippen LogP contribution in [0.3, 0.4) is 0 Å². The number of halogens is 1. The van der Waals surface area contributed by atoms with E-state index in [-0.39, 0.29) is 50.9 Å². The third-order valence-electron chi connectivity index (χ3n) is 6.76. The summed E-state index contributed by atoms with van der Waals surface area (Å²) in [5, 5.41) is 12.8. The Kier molecular flexibility index (Phi) is 12.0. The molecule has 0 aliphatic heterocycles. The first kappa shape index (κ1) is 29.9. The van der Waals surface area contributed by atoms with Gasteiger partial charge in [0.2, 0.25) is 5.91 Å². The summed E-state index contributed by atoms with van der Waals surface area (Å²) >= 11 is 0. The van der Waals surface area contributed by atoms with Crippen LogP contribution in [-0.4, -0.2) is 60.3 Å². The monoisotopic (exact) mass is 541 g/mol. The summed E-state index contributed by atoms with van der Waals surface area (Å²) < 4.78 is 25.3. The van der Waals surface area contributed by atoms with Crippen LogP contribution < -0.4 is 4.74 Å². The number of hydrogen-bond acceptors (Lipinski definition) is 6. The summed E-state index contributed by atoms with van der Waals surface area (Å²) in [5.74, 6) is -1.94. The number of nitrogens with zero attached hydrogens (tertiary/aromatic N) is 5. The molecule has 1 amide bonds. The molecule has 1 heterocycles. The molecule has 0 radical (unpaired) electrons. The Morgan fingerprint density at radius 2 is 2.00 bits per heavy atom. The number of carboxylic acids is 1. The molecule has 0 saturated heterocycles. The summed E-state index contributed by atoms with van der Waals surface area (Å²) in [7, 11) is 1.55. The average molecular weight is 542 g/mol. The van der Waals surface area contributed by atoms with E-state index in [0.29, 0.717) is 12.0 Å². The van der Waals surface area contributed by atoms with Gasteiger partial charge in [0.1, 0.15) is 6.61 Å². The highest BCUT2D eigenvalue weighted by Gasteiger charge is 2.25. The molecule has 1 aromatic heterocycles. The number of ether oxygens (including phenoxy) is 2. The van der Waals surface area contributed by atoms with Crippen molar-refractivity contribution < 1.29 is 28.6 Å². The summed E-state index contributed by atoms with van der Waals surface area (Å²) in [5.41, 5.74) is 12.2. The van der Waals surface area contributed by atoms with Crippen LogP contribution in [-0.2, 0) is 33.6 Å². The van der Waals surface area contributed by atoms with E-state index in [1.807, 2.05) is 0 Å². The molecule has 3 rings (SSSR count). The molecule has 0 bridgehead atoms. The largest absolute Gasteiger partial charge is 0.488 e. The molecule has 1 N–H and O–H groups in total. The number of rotatable bonds is 16. The molecular weight excluding hydrogens is 505 g/mol. The number of carbonyl (C=O) groups is 2.